The number of imidazole rings is 1. The number of hydrogen-bond acceptors (Lipinski definition) is 9. The second-order valence-corrected chi connectivity index (χ2v) is 7.38. The van der Waals surface area contributed by atoms with Crippen LogP contribution in [-0.2, 0) is 11.8 Å². The minimum absolute atomic E-state index is 0.168. The van der Waals surface area contributed by atoms with E-state index >= 15 is 0 Å². The quantitative estimate of drug-likeness (QED) is 0.530. The van der Waals surface area contributed by atoms with Crippen molar-refractivity contribution in [3.05, 3.63) is 11.1 Å². The van der Waals surface area contributed by atoms with Gasteiger partial charge >= 0.3 is 6.03 Å². The molecule has 0 bridgehead atoms. The number of aromatic nitrogens is 5. The van der Waals surface area contributed by atoms with Crippen LogP contribution in [0.4, 0.5) is 16.6 Å². The molecule has 4 rings (SSSR count). The standard InChI is InChI=1S/C17H21N9O3S/c1-3-19-17(28)24-16-22-12-10(13(23-16)26-4-6-29-7-5-26)21-14(25(12)2)15-20-9(8-30-15)11(18)27/h8H,3-7H2,1-2H3,(H2,18,27)(H2,19,22,23,24,28). The molecular weight excluding hydrogens is 410 g/mol. The molecule has 3 amide bonds. The molecule has 12 nitrogen and oxygen atoms in total. The van der Waals surface area contributed by atoms with Crippen molar-refractivity contribution < 1.29 is 14.3 Å². The SMILES string of the molecule is CCNC(=O)Nc1nc(N2CCOCC2)c2nc(-c3nc(C(N)=O)cs3)n(C)c2n1. The Labute approximate surface area is 175 Å². The molecule has 158 valence electrons. The summed E-state index contributed by atoms with van der Waals surface area (Å²) >= 11 is 1.27. The molecule has 0 atom stereocenters. The normalized spacial score (nSPS) is 14.1. The molecule has 1 fully saturated rings. The van der Waals surface area contributed by atoms with Gasteiger partial charge in [0.15, 0.2) is 27.8 Å². The van der Waals surface area contributed by atoms with Crippen LogP contribution in [0.15, 0.2) is 5.38 Å². The van der Waals surface area contributed by atoms with E-state index in [0.717, 1.165) is 0 Å². The number of morpholine rings is 1. The number of nitrogens with zero attached hydrogens (tertiary/aromatic N) is 6. The number of anilines is 2. The smallest absolute Gasteiger partial charge is 0.321 e. The first-order valence-corrected chi connectivity index (χ1v) is 10.2. The summed E-state index contributed by atoms with van der Waals surface area (Å²) < 4.78 is 7.20. The highest BCUT2D eigenvalue weighted by molar-refractivity contribution is 7.13. The number of aryl methyl sites for hydroxylation is 1. The lowest BCUT2D eigenvalue weighted by molar-refractivity contribution is 0.0996. The molecule has 1 saturated heterocycles. The van der Waals surface area contributed by atoms with Crippen LogP contribution in [0.5, 0.6) is 0 Å². The van der Waals surface area contributed by atoms with Crippen molar-refractivity contribution in [3.63, 3.8) is 0 Å². The first-order valence-electron chi connectivity index (χ1n) is 9.35. The van der Waals surface area contributed by atoms with Gasteiger partial charge in [-0.15, -0.1) is 11.3 Å². The number of fused-ring (bicyclic) bond motifs is 1. The van der Waals surface area contributed by atoms with Gasteiger partial charge in [-0.25, -0.2) is 14.8 Å². The number of amides is 3. The summed E-state index contributed by atoms with van der Waals surface area (Å²) in [5.41, 5.74) is 6.61. The lowest BCUT2D eigenvalue weighted by Gasteiger charge is -2.28. The fraction of sp³-hybridized carbons (Fsp3) is 0.412. The fourth-order valence-corrected chi connectivity index (χ4v) is 3.92. The average Bonchev–Trinajstić information content (AvgIpc) is 3.34. The molecule has 13 heteroatoms. The van der Waals surface area contributed by atoms with Crippen LogP contribution < -0.4 is 21.3 Å². The summed E-state index contributed by atoms with van der Waals surface area (Å²) in [4.78, 5) is 43.5. The first-order chi connectivity index (χ1) is 14.5. The first kappa shape index (κ1) is 20.0. The van der Waals surface area contributed by atoms with Crippen LogP contribution in [0.2, 0.25) is 0 Å². The molecule has 3 aromatic rings. The number of urea groups is 1. The maximum Gasteiger partial charge on any atom is 0.321 e. The fourth-order valence-electron chi connectivity index (χ4n) is 3.09. The Morgan fingerprint density at radius 2 is 2.00 bits per heavy atom. The van der Waals surface area contributed by atoms with Crippen molar-refractivity contribution in [2.75, 3.05) is 43.1 Å². The van der Waals surface area contributed by atoms with Crippen LogP contribution in [0.25, 0.3) is 22.0 Å². The van der Waals surface area contributed by atoms with E-state index in [0.29, 0.717) is 60.7 Å². The molecule has 1 aliphatic heterocycles. The lowest BCUT2D eigenvalue weighted by Crippen LogP contribution is -2.37. The summed E-state index contributed by atoms with van der Waals surface area (Å²) in [6.07, 6.45) is 0. The van der Waals surface area contributed by atoms with E-state index in [4.69, 9.17) is 15.5 Å². The zero-order valence-corrected chi connectivity index (χ0v) is 17.3. The Balaban J connectivity index is 1.83. The second-order valence-electron chi connectivity index (χ2n) is 6.52. The minimum Gasteiger partial charge on any atom is -0.378 e. The van der Waals surface area contributed by atoms with Gasteiger partial charge in [0.05, 0.1) is 13.2 Å². The van der Waals surface area contributed by atoms with Gasteiger partial charge in [-0.3, -0.25) is 10.1 Å². The van der Waals surface area contributed by atoms with Crippen molar-refractivity contribution in [1.82, 2.24) is 29.8 Å². The van der Waals surface area contributed by atoms with Crippen molar-refractivity contribution in [2.45, 2.75) is 6.92 Å². The van der Waals surface area contributed by atoms with Crippen molar-refractivity contribution in [3.8, 4) is 10.8 Å². The number of carbonyl (C=O) groups excluding carboxylic acids is 2. The Hall–Kier alpha value is -3.32. The molecule has 4 N–H and O–H groups in total. The van der Waals surface area contributed by atoms with E-state index in [1.165, 1.54) is 11.3 Å². The third-order valence-electron chi connectivity index (χ3n) is 4.52. The van der Waals surface area contributed by atoms with E-state index in [-0.39, 0.29) is 11.6 Å². The molecule has 0 aromatic carbocycles. The number of hydrogen-bond donors (Lipinski definition) is 3. The third kappa shape index (κ3) is 3.76. The number of nitrogens with two attached hydrogens (primary N) is 1. The van der Waals surface area contributed by atoms with Gasteiger partial charge in [0.2, 0.25) is 5.95 Å². The molecule has 3 aromatic heterocycles. The van der Waals surface area contributed by atoms with E-state index in [1.807, 2.05) is 11.8 Å². The molecule has 1 aliphatic rings. The monoisotopic (exact) mass is 431 g/mol. The maximum absolute atomic E-state index is 12.0. The number of primary amides is 1. The molecule has 0 spiro atoms. The molecule has 30 heavy (non-hydrogen) atoms. The number of ether oxygens (including phenoxy) is 1. The van der Waals surface area contributed by atoms with Gasteiger partial charge < -0.3 is 25.3 Å². The van der Waals surface area contributed by atoms with Gasteiger partial charge in [-0.05, 0) is 6.92 Å². The zero-order chi connectivity index (χ0) is 21.3. The number of thiazole rings is 1. The lowest BCUT2D eigenvalue weighted by atomic mass is 10.3. The van der Waals surface area contributed by atoms with Crippen LogP contribution >= 0.6 is 11.3 Å². The highest BCUT2D eigenvalue weighted by Gasteiger charge is 2.24. The van der Waals surface area contributed by atoms with Crippen molar-refractivity contribution >= 4 is 46.2 Å². The number of nitrogens with one attached hydrogen (secondary N) is 2. The van der Waals surface area contributed by atoms with Crippen molar-refractivity contribution in [2.24, 2.45) is 12.8 Å². The topological polar surface area (TPSA) is 153 Å². The third-order valence-corrected chi connectivity index (χ3v) is 5.36. The minimum atomic E-state index is -0.599. The van der Waals surface area contributed by atoms with Crippen LogP contribution in [0, 0.1) is 0 Å². The van der Waals surface area contributed by atoms with Gasteiger partial charge in [-0.2, -0.15) is 9.97 Å². The van der Waals surface area contributed by atoms with Crippen LogP contribution in [0.1, 0.15) is 17.4 Å². The predicted octanol–water partition coefficient (Wildman–Crippen LogP) is 0.564. The molecule has 0 unspecified atom stereocenters. The van der Waals surface area contributed by atoms with Crippen LogP contribution in [0.3, 0.4) is 0 Å². The predicted molar refractivity (Wildman–Crippen MR) is 112 cm³/mol. The van der Waals surface area contributed by atoms with E-state index in [1.54, 1.807) is 17.0 Å². The summed E-state index contributed by atoms with van der Waals surface area (Å²) in [5, 5.41) is 7.45. The van der Waals surface area contributed by atoms with E-state index in [2.05, 4.69) is 25.6 Å². The summed E-state index contributed by atoms with van der Waals surface area (Å²) in [7, 11) is 1.79. The maximum atomic E-state index is 12.0. The highest BCUT2D eigenvalue weighted by Crippen LogP contribution is 2.31. The van der Waals surface area contributed by atoms with Crippen molar-refractivity contribution in [1.29, 1.82) is 0 Å². The summed E-state index contributed by atoms with van der Waals surface area (Å²) in [5.74, 6) is 0.699. The summed E-state index contributed by atoms with van der Waals surface area (Å²) in [6.45, 7) is 4.72. The molecule has 4 heterocycles. The average molecular weight is 431 g/mol. The largest absolute Gasteiger partial charge is 0.378 e. The molecule has 0 saturated carbocycles. The Morgan fingerprint density at radius 1 is 1.23 bits per heavy atom. The van der Waals surface area contributed by atoms with Gasteiger partial charge in [0.1, 0.15) is 5.69 Å². The zero-order valence-electron chi connectivity index (χ0n) is 16.5. The second kappa shape index (κ2) is 8.20. The number of carbonyl (C=O) groups is 2. The highest BCUT2D eigenvalue weighted by atomic mass is 32.1. The Bertz CT molecular complexity index is 1100. The number of rotatable bonds is 5. The molecular formula is C17H21N9O3S. The van der Waals surface area contributed by atoms with Gasteiger partial charge in [0, 0.05) is 32.1 Å². The molecule has 0 aliphatic carbocycles. The Kier molecular flexibility index (Phi) is 5.46. The van der Waals surface area contributed by atoms with Crippen LogP contribution in [-0.4, -0.2) is 69.3 Å². The van der Waals surface area contributed by atoms with Gasteiger partial charge in [0.25, 0.3) is 5.91 Å². The molecule has 0 radical (unpaired) electrons. The van der Waals surface area contributed by atoms with E-state index in [9.17, 15) is 9.59 Å². The Morgan fingerprint density at radius 3 is 2.67 bits per heavy atom. The summed E-state index contributed by atoms with van der Waals surface area (Å²) in [6, 6.07) is -0.391. The van der Waals surface area contributed by atoms with E-state index < -0.39 is 11.9 Å². The van der Waals surface area contributed by atoms with Gasteiger partial charge in [-0.1, -0.05) is 0 Å².